The van der Waals surface area contributed by atoms with Crippen molar-refractivity contribution in [2.45, 2.75) is 11.8 Å². The summed E-state index contributed by atoms with van der Waals surface area (Å²) in [5, 5.41) is 0.935. The van der Waals surface area contributed by atoms with Crippen molar-refractivity contribution in [3.05, 3.63) is 65.7 Å². The van der Waals surface area contributed by atoms with Crippen molar-refractivity contribution in [1.29, 1.82) is 0 Å². The van der Waals surface area contributed by atoms with Gasteiger partial charge < -0.3 is 4.42 Å². The minimum atomic E-state index is -0.279. The molecule has 0 atom stereocenters. The van der Waals surface area contributed by atoms with Crippen molar-refractivity contribution < 1.29 is 13.6 Å². The second-order valence-electron chi connectivity index (χ2n) is 4.77. The lowest BCUT2D eigenvalue weighted by Gasteiger charge is -1.99. The Balaban J connectivity index is 1.75. The van der Waals surface area contributed by atoms with Crippen LogP contribution in [0.4, 0.5) is 4.39 Å². The highest BCUT2D eigenvalue weighted by molar-refractivity contribution is 8.00. The van der Waals surface area contributed by atoms with Crippen molar-refractivity contribution in [2.24, 2.45) is 0 Å². The first-order valence-corrected chi connectivity index (χ1v) is 7.53. The molecule has 0 fully saturated rings. The van der Waals surface area contributed by atoms with Crippen LogP contribution in [0.25, 0.3) is 11.0 Å². The zero-order chi connectivity index (χ0) is 14.8. The second-order valence-corrected chi connectivity index (χ2v) is 5.82. The summed E-state index contributed by atoms with van der Waals surface area (Å²) in [7, 11) is 0. The molecule has 3 rings (SSSR count). The van der Waals surface area contributed by atoms with Crippen LogP contribution in [-0.2, 0) is 0 Å². The number of para-hydroxylation sites is 1. The average Bonchev–Trinajstić information content (AvgIpc) is 2.92. The number of hydrogen-bond donors (Lipinski definition) is 0. The van der Waals surface area contributed by atoms with E-state index in [-0.39, 0.29) is 17.4 Å². The Bertz CT molecular complexity index is 790. The van der Waals surface area contributed by atoms with E-state index in [9.17, 15) is 9.18 Å². The predicted octanol–water partition coefficient (Wildman–Crippen LogP) is 4.86. The van der Waals surface area contributed by atoms with E-state index >= 15 is 0 Å². The number of thioether (sulfide) groups is 1. The highest BCUT2D eigenvalue weighted by Gasteiger charge is 2.13. The maximum atomic E-state index is 12.8. The molecular weight excluding hydrogens is 287 g/mol. The standard InChI is InChI=1S/C17H13FO2S/c1-11-3-2-4-12-9-16(20-17(11)12)15(19)10-21-14-7-5-13(18)6-8-14/h2-9H,10H2,1H3. The van der Waals surface area contributed by atoms with E-state index < -0.39 is 0 Å². The molecule has 106 valence electrons. The zero-order valence-corrected chi connectivity index (χ0v) is 12.2. The van der Waals surface area contributed by atoms with Gasteiger partial charge >= 0.3 is 0 Å². The van der Waals surface area contributed by atoms with E-state index in [1.54, 1.807) is 18.2 Å². The Labute approximate surface area is 126 Å². The van der Waals surface area contributed by atoms with Gasteiger partial charge in [-0.05, 0) is 42.8 Å². The van der Waals surface area contributed by atoms with Gasteiger partial charge in [-0.1, -0.05) is 18.2 Å². The molecule has 0 amide bonds. The number of carbonyl (C=O) groups excluding carboxylic acids is 1. The number of aryl methyl sites for hydroxylation is 1. The molecule has 2 nitrogen and oxygen atoms in total. The molecule has 1 heterocycles. The van der Waals surface area contributed by atoms with E-state index in [1.807, 2.05) is 25.1 Å². The lowest BCUT2D eigenvalue weighted by molar-refractivity contribution is 0.0994. The summed E-state index contributed by atoms with van der Waals surface area (Å²) in [6, 6.07) is 13.7. The van der Waals surface area contributed by atoms with Crippen LogP contribution in [0.15, 0.2) is 57.8 Å². The highest BCUT2D eigenvalue weighted by atomic mass is 32.2. The van der Waals surface area contributed by atoms with E-state index in [1.165, 1.54) is 23.9 Å². The molecule has 21 heavy (non-hydrogen) atoms. The van der Waals surface area contributed by atoms with Gasteiger partial charge in [0.1, 0.15) is 11.4 Å². The maximum Gasteiger partial charge on any atom is 0.208 e. The monoisotopic (exact) mass is 300 g/mol. The molecule has 0 bridgehead atoms. The summed E-state index contributed by atoms with van der Waals surface area (Å²) in [4.78, 5) is 13.0. The average molecular weight is 300 g/mol. The third kappa shape index (κ3) is 3.00. The molecule has 4 heteroatoms. The molecule has 0 aliphatic carbocycles. The largest absolute Gasteiger partial charge is 0.453 e. The summed E-state index contributed by atoms with van der Waals surface area (Å²) in [5.41, 5.74) is 1.77. The molecule has 3 aromatic rings. The third-order valence-corrected chi connectivity index (χ3v) is 4.21. The molecule has 0 aliphatic heterocycles. The molecule has 0 radical (unpaired) electrons. The number of fused-ring (bicyclic) bond motifs is 1. The van der Waals surface area contributed by atoms with Crippen molar-refractivity contribution >= 4 is 28.5 Å². The molecule has 0 N–H and O–H groups in total. The Morgan fingerprint density at radius 1 is 1.19 bits per heavy atom. The van der Waals surface area contributed by atoms with Crippen LogP contribution in [0.1, 0.15) is 16.1 Å². The van der Waals surface area contributed by atoms with Crippen LogP contribution in [0, 0.1) is 12.7 Å². The van der Waals surface area contributed by atoms with Crippen molar-refractivity contribution in [1.82, 2.24) is 0 Å². The molecule has 0 saturated heterocycles. The molecule has 0 aliphatic rings. The molecule has 0 spiro atoms. The first-order chi connectivity index (χ1) is 10.1. The number of benzene rings is 2. The third-order valence-electron chi connectivity index (χ3n) is 3.20. The molecule has 1 aromatic heterocycles. The Morgan fingerprint density at radius 3 is 2.67 bits per heavy atom. The first kappa shape index (κ1) is 13.9. The quantitative estimate of drug-likeness (QED) is 0.509. The summed E-state index contributed by atoms with van der Waals surface area (Å²) in [6.07, 6.45) is 0. The van der Waals surface area contributed by atoms with Crippen LogP contribution in [0.2, 0.25) is 0 Å². The van der Waals surface area contributed by atoms with Gasteiger partial charge in [0.2, 0.25) is 5.78 Å². The fourth-order valence-electron chi connectivity index (χ4n) is 2.10. The summed E-state index contributed by atoms with van der Waals surface area (Å²) in [5.74, 6) is 0.289. The van der Waals surface area contributed by atoms with Crippen molar-refractivity contribution in [3.63, 3.8) is 0 Å². The second kappa shape index (κ2) is 5.74. The van der Waals surface area contributed by atoms with Crippen LogP contribution in [0.3, 0.4) is 0 Å². The highest BCUT2D eigenvalue weighted by Crippen LogP contribution is 2.25. The Hall–Kier alpha value is -2.07. The van der Waals surface area contributed by atoms with Gasteiger partial charge in [0.05, 0.1) is 5.75 Å². The molecule has 0 unspecified atom stereocenters. The minimum absolute atomic E-state index is 0.0695. The molecular formula is C17H13FO2S. The molecule has 2 aromatic carbocycles. The number of hydrogen-bond acceptors (Lipinski definition) is 3. The van der Waals surface area contributed by atoms with Gasteiger partial charge in [-0.2, -0.15) is 0 Å². The van der Waals surface area contributed by atoms with Crippen molar-refractivity contribution in [2.75, 3.05) is 5.75 Å². The van der Waals surface area contributed by atoms with Crippen LogP contribution >= 0.6 is 11.8 Å². The van der Waals surface area contributed by atoms with Gasteiger partial charge in [0.25, 0.3) is 0 Å². The van der Waals surface area contributed by atoms with Gasteiger partial charge in [-0.3, -0.25) is 4.79 Å². The first-order valence-electron chi connectivity index (χ1n) is 6.54. The van der Waals surface area contributed by atoms with E-state index in [2.05, 4.69) is 0 Å². The van der Waals surface area contributed by atoms with Crippen LogP contribution in [0.5, 0.6) is 0 Å². The Morgan fingerprint density at radius 2 is 1.95 bits per heavy atom. The fraction of sp³-hybridized carbons (Fsp3) is 0.118. The molecule has 0 saturated carbocycles. The van der Waals surface area contributed by atoms with Gasteiger partial charge in [0.15, 0.2) is 5.76 Å². The summed E-state index contributed by atoms with van der Waals surface area (Å²) >= 11 is 1.37. The SMILES string of the molecule is Cc1cccc2cc(C(=O)CSc3ccc(F)cc3)oc12. The van der Waals surface area contributed by atoms with Crippen LogP contribution in [-0.4, -0.2) is 11.5 Å². The number of ketones is 1. The van der Waals surface area contributed by atoms with Gasteiger partial charge in [-0.25, -0.2) is 4.39 Å². The minimum Gasteiger partial charge on any atom is -0.453 e. The number of carbonyl (C=O) groups is 1. The lowest BCUT2D eigenvalue weighted by atomic mass is 10.2. The van der Waals surface area contributed by atoms with E-state index in [0.717, 1.165) is 21.4 Å². The fourth-order valence-corrected chi connectivity index (χ4v) is 2.87. The van der Waals surface area contributed by atoms with E-state index in [0.29, 0.717) is 5.76 Å². The van der Waals surface area contributed by atoms with Crippen molar-refractivity contribution in [3.8, 4) is 0 Å². The van der Waals surface area contributed by atoms with Crippen LogP contribution < -0.4 is 0 Å². The predicted molar refractivity (Wildman–Crippen MR) is 82.4 cm³/mol. The maximum absolute atomic E-state index is 12.8. The number of rotatable bonds is 4. The Kier molecular flexibility index (Phi) is 3.80. The summed E-state index contributed by atoms with van der Waals surface area (Å²) in [6.45, 7) is 1.95. The number of halogens is 1. The smallest absolute Gasteiger partial charge is 0.208 e. The number of furan rings is 1. The lowest BCUT2D eigenvalue weighted by Crippen LogP contribution is -2.00. The topological polar surface area (TPSA) is 30.2 Å². The normalized spacial score (nSPS) is 11.0. The van der Waals surface area contributed by atoms with Gasteiger partial charge in [0, 0.05) is 10.3 Å². The van der Waals surface area contributed by atoms with E-state index in [4.69, 9.17) is 4.42 Å². The zero-order valence-electron chi connectivity index (χ0n) is 11.4. The van der Waals surface area contributed by atoms with Gasteiger partial charge in [-0.15, -0.1) is 11.8 Å². The summed E-state index contributed by atoms with van der Waals surface area (Å²) < 4.78 is 18.5. The number of Topliss-reactive ketones (excluding diaryl/α,β-unsaturated/α-hetero) is 1.